The molecule has 0 nitrogen and oxygen atoms in total. The molecule has 2 aliphatic carbocycles. The van der Waals surface area contributed by atoms with Crippen LogP contribution in [-0.4, -0.2) is 11.8 Å². The zero-order chi connectivity index (χ0) is 11.4. The Balaban J connectivity index is 1.73. The third-order valence-electron chi connectivity index (χ3n) is 4.89. The molecule has 2 fully saturated rings. The summed E-state index contributed by atoms with van der Waals surface area (Å²) in [5, 5.41) is 0. The molecule has 0 unspecified atom stereocenters. The Hall–Kier alpha value is 0.580. The van der Waals surface area contributed by atoms with Gasteiger partial charge < -0.3 is 0 Å². The predicted molar refractivity (Wildman–Crippen MR) is 72.3 cm³/mol. The van der Waals surface area contributed by atoms with Crippen LogP contribution in [0.4, 0.5) is 0 Å². The van der Waals surface area contributed by atoms with Crippen LogP contribution >= 0.6 is 23.2 Å². The molecule has 94 valence electrons. The fourth-order valence-electron chi connectivity index (χ4n) is 3.63. The molecule has 2 heteroatoms. The van der Waals surface area contributed by atoms with Crippen molar-refractivity contribution in [2.75, 3.05) is 11.8 Å². The topological polar surface area (TPSA) is 0 Å². The van der Waals surface area contributed by atoms with Gasteiger partial charge in [0.1, 0.15) is 0 Å². The highest BCUT2D eigenvalue weighted by molar-refractivity contribution is 6.18. The van der Waals surface area contributed by atoms with Gasteiger partial charge in [-0.2, -0.15) is 0 Å². The van der Waals surface area contributed by atoms with E-state index in [4.69, 9.17) is 23.2 Å². The third-order valence-corrected chi connectivity index (χ3v) is 5.76. The van der Waals surface area contributed by atoms with Crippen LogP contribution in [0.3, 0.4) is 0 Å². The largest absolute Gasteiger partial charge is 0.126 e. The van der Waals surface area contributed by atoms with Gasteiger partial charge >= 0.3 is 0 Å². The zero-order valence-corrected chi connectivity index (χ0v) is 11.6. The average Bonchev–Trinajstić information content (AvgIpc) is 2.39. The van der Waals surface area contributed by atoms with Crippen molar-refractivity contribution in [1.29, 1.82) is 0 Å². The van der Waals surface area contributed by atoms with E-state index in [-0.39, 0.29) is 0 Å². The molecule has 2 aliphatic rings. The van der Waals surface area contributed by atoms with Crippen molar-refractivity contribution < 1.29 is 0 Å². The van der Waals surface area contributed by atoms with E-state index in [2.05, 4.69) is 0 Å². The number of rotatable bonds is 3. The molecule has 0 atom stereocenters. The van der Waals surface area contributed by atoms with Gasteiger partial charge in [0.05, 0.1) is 0 Å². The minimum atomic E-state index is 0.817. The van der Waals surface area contributed by atoms with Crippen molar-refractivity contribution >= 4 is 23.2 Å². The smallest absolute Gasteiger partial charge is 0.0251 e. The van der Waals surface area contributed by atoms with Gasteiger partial charge in [-0.05, 0) is 75.0 Å². The van der Waals surface area contributed by atoms with E-state index >= 15 is 0 Å². The quantitative estimate of drug-likeness (QED) is 0.623. The Labute approximate surface area is 110 Å². The molecular formula is C14H24Cl2. The summed E-state index contributed by atoms with van der Waals surface area (Å²) in [5.41, 5.74) is 0. The van der Waals surface area contributed by atoms with Crippen molar-refractivity contribution in [2.24, 2.45) is 23.7 Å². The summed E-state index contributed by atoms with van der Waals surface area (Å²) in [5.74, 6) is 5.41. The summed E-state index contributed by atoms with van der Waals surface area (Å²) in [7, 11) is 0. The normalized spacial score (nSPS) is 40.9. The molecule has 0 spiro atoms. The summed E-state index contributed by atoms with van der Waals surface area (Å²) in [6, 6.07) is 0. The Morgan fingerprint density at radius 3 is 1.12 bits per heavy atom. The van der Waals surface area contributed by atoms with Gasteiger partial charge in [0.25, 0.3) is 0 Å². The summed E-state index contributed by atoms with van der Waals surface area (Å²) in [6.45, 7) is 0. The van der Waals surface area contributed by atoms with E-state index in [1.807, 2.05) is 0 Å². The van der Waals surface area contributed by atoms with Gasteiger partial charge in [0.15, 0.2) is 0 Å². The SMILES string of the molecule is ClCC1CCC(C2CCC(CCl)CC2)CC1. The van der Waals surface area contributed by atoms with Crippen LogP contribution in [0.5, 0.6) is 0 Å². The monoisotopic (exact) mass is 262 g/mol. The second-order valence-corrected chi connectivity index (χ2v) is 6.49. The second kappa shape index (κ2) is 6.50. The van der Waals surface area contributed by atoms with E-state index in [9.17, 15) is 0 Å². The van der Waals surface area contributed by atoms with Crippen molar-refractivity contribution in [2.45, 2.75) is 51.4 Å². The lowest BCUT2D eigenvalue weighted by molar-refractivity contribution is 0.156. The number of alkyl halides is 2. The standard InChI is InChI=1S/C14H24Cl2/c15-9-11-1-5-13(6-2-11)14-7-3-12(10-16)4-8-14/h11-14H,1-10H2. The Morgan fingerprint density at radius 1 is 0.562 bits per heavy atom. The van der Waals surface area contributed by atoms with Gasteiger partial charge in [-0.15, -0.1) is 23.2 Å². The molecule has 0 aromatic heterocycles. The van der Waals surface area contributed by atoms with Gasteiger partial charge in [-0.25, -0.2) is 0 Å². The Bertz CT molecular complexity index is 167. The maximum absolute atomic E-state index is 5.94. The third kappa shape index (κ3) is 3.29. The van der Waals surface area contributed by atoms with Crippen molar-refractivity contribution in [1.82, 2.24) is 0 Å². The molecule has 0 aromatic carbocycles. The summed E-state index contributed by atoms with van der Waals surface area (Å²) in [6.07, 6.45) is 11.3. The van der Waals surface area contributed by atoms with E-state index in [1.54, 1.807) is 0 Å². The first-order valence-electron chi connectivity index (χ1n) is 6.95. The summed E-state index contributed by atoms with van der Waals surface area (Å²) in [4.78, 5) is 0. The van der Waals surface area contributed by atoms with E-state index in [0.29, 0.717) is 0 Å². The molecule has 0 aliphatic heterocycles. The van der Waals surface area contributed by atoms with E-state index in [1.165, 1.54) is 51.4 Å². The highest BCUT2D eigenvalue weighted by Gasteiger charge is 2.30. The predicted octanol–water partition coefficient (Wildman–Crippen LogP) is 5.08. The first kappa shape index (κ1) is 13.0. The number of halogens is 2. The number of hydrogen-bond acceptors (Lipinski definition) is 0. The highest BCUT2D eigenvalue weighted by Crippen LogP contribution is 2.41. The fourth-order valence-corrected chi connectivity index (χ4v) is 4.25. The molecule has 0 N–H and O–H groups in total. The molecule has 0 heterocycles. The first-order valence-corrected chi connectivity index (χ1v) is 8.02. The molecule has 0 bridgehead atoms. The highest BCUT2D eigenvalue weighted by atomic mass is 35.5. The lowest BCUT2D eigenvalue weighted by atomic mass is 9.70. The lowest BCUT2D eigenvalue weighted by Gasteiger charge is -2.37. The summed E-state index contributed by atoms with van der Waals surface area (Å²) < 4.78 is 0. The molecular weight excluding hydrogens is 239 g/mol. The molecule has 2 saturated carbocycles. The van der Waals surface area contributed by atoms with Crippen molar-refractivity contribution in [3.8, 4) is 0 Å². The van der Waals surface area contributed by atoms with Crippen LogP contribution in [0.25, 0.3) is 0 Å². The van der Waals surface area contributed by atoms with Crippen LogP contribution in [0, 0.1) is 23.7 Å². The van der Waals surface area contributed by atoms with Crippen LogP contribution in [0.1, 0.15) is 51.4 Å². The molecule has 0 saturated heterocycles. The second-order valence-electron chi connectivity index (χ2n) is 5.87. The molecule has 16 heavy (non-hydrogen) atoms. The maximum atomic E-state index is 5.94. The van der Waals surface area contributed by atoms with Crippen LogP contribution in [0.15, 0.2) is 0 Å². The minimum Gasteiger partial charge on any atom is -0.126 e. The minimum absolute atomic E-state index is 0.817. The summed E-state index contributed by atoms with van der Waals surface area (Å²) >= 11 is 11.9. The van der Waals surface area contributed by atoms with Crippen LogP contribution in [0.2, 0.25) is 0 Å². The van der Waals surface area contributed by atoms with Crippen molar-refractivity contribution in [3.05, 3.63) is 0 Å². The average molecular weight is 263 g/mol. The molecule has 0 radical (unpaired) electrons. The lowest BCUT2D eigenvalue weighted by Crippen LogP contribution is -2.26. The van der Waals surface area contributed by atoms with Crippen LogP contribution < -0.4 is 0 Å². The molecule has 0 amide bonds. The first-order chi connectivity index (χ1) is 7.83. The Kier molecular flexibility index (Phi) is 5.29. The molecule has 0 aromatic rings. The molecule has 2 rings (SSSR count). The number of hydrogen-bond donors (Lipinski definition) is 0. The van der Waals surface area contributed by atoms with Gasteiger partial charge in [0, 0.05) is 11.8 Å². The van der Waals surface area contributed by atoms with Gasteiger partial charge in [-0.1, -0.05) is 0 Å². The van der Waals surface area contributed by atoms with Crippen molar-refractivity contribution in [3.63, 3.8) is 0 Å². The van der Waals surface area contributed by atoms with E-state index in [0.717, 1.165) is 35.4 Å². The van der Waals surface area contributed by atoms with Gasteiger partial charge in [0.2, 0.25) is 0 Å². The van der Waals surface area contributed by atoms with Crippen LogP contribution in [-0.2, 0) is 0 Å². The fraction of sp³-hybridized carbons (Fsp3) is 1.00. The Morgan fingerprint density at radius 2 is 0.875 bits per heavy atom. The zero-order valence-electron chi connectivity index (χ0n) is 10.1. The van der Waals surface area contributed by atoms with E-state index < -0.39 is 0 Å². The van der Waals surface area contributed by atoms with Gasteiger partial charge in [-0.3, -0.25) is 0 Å². The maximum Gasteiger partial charge on any atom is 0.0251 e.